The fourth-order valence-corrected chi connectivity index (χ4v) is 3.94. The van der Waals surface area contributed by atoms with Gasteiger partial charge in [-0.3, -0.25) is 14.5 Å². The van der Waals surface area contributed by atoms with Crippen LogP contribution < -0.4 is 5.32 Å². The van der Waals surface area contributed by atoms with Crippen LogP contribution in [-0.4, -0.2) is 73.6 Å². The quantitative estimate of drug-likeness (QED) is 0.868. The standard InChI is InChI=1S/C19H23N3O4/c1-12-13-6-4-5-7-15(13)26-16(12)18(24)22-10-19(11-22)9-21(3)14(8-25-19)17(23)20-2/h4-7,14H,8-11H2,1-3H3,(H,20,23)/t14-/m0/s1. The van der Waals surface area contributed by atoms with E-state index in [0.29, 0.717) is 32.0 Å². The van der Waals surface area contributed by atoms with Gasteiger partial charge >= 0.3 is 0 Å². The zero-order chi connectivity index (χ0) is 18.5. The van der Waals surface area contributed by atoms with Gasteiger partial charge in [-0.2, -0.15) is 0 Å². The van der Waals surface area contributed by atoms with Crippen LogP contribution in [0.3, 0.4) is 0 Å². The first-order valence-electron chi connectivity index (χ1n) is 8.77. The molecule has 1 atom stereocenters. The average molecular weight is 357 g/mol. The lowest BCUT2D eigenvalue weighted by molar-refractivity contribution is -0.187. The average Bonchev–Trinajstić information content (AvgIpc) is 2.95. The summed E-state index contributed by atoms with van der Waals surface area (Å²) in [6, 6.07) is 7.38. The summed E-state index contributed by atoms with van der Waals surface area (Å²) in [6.07, 6.45) is 0. The Labute approximate surface area is 151 Å². The van der Waals surface area contributed by atoms with Gasteiger partial charge in [-0.15, -0.1) is 0 Å². The minimum absolute atomic E-state index is 0.0486. The first-order valence-corrected chi connectivity index (χ1v) is 8.77. The molecule has 0 unspecified atom stereocenters. The van der Waals surface area contributed by atoms with Crippen molar-refractivity contribution in [3.63, 3.8) is 0 Å². The summed E-state index contributed by atoms with van der Waals surface area (Å²) >= 11 is 0. The number of aryl methyl sites for hydroxylation is 1. The normalized spacial score (nSPS) is 22.4. The van der Waals surface area contributed by atoms with Crippen LogP contribution in [0, 0.1) is 6.92 Å². The first kappa shape index (κ1) is 17.1. The molecule has 2 amide bonds. The van der Waals surface area contributed by atoms with E-state index in [1.165, 1.54) is 0 Å². The van der Waals surface area contributed by atoms with Gasteiger partial charge < -0.3 is 19.4 Å². The van der Waals surface area contributed by atoms with Crippen LogP contribution in [0.5, 0.6) is 0 Å². The number of ether oxygens (including phenoxy) is 1. The van der Waals surface area contributed by atoms with Crippen molar-refractivity contribution >= 4 is 22.8 Å². The number of likely N-dealkylation sites (tertiary alicyclic amines) is 1. The van der Waals surface area contributed by atoms with E-state index >= 15 is 0 Å². The van der Waals surface area contributed by atoms with Gasteiger partial charge in [0.05, 0.1) is 19.7 Å². The molecular weight excluding hydrogens is 334 g/mol. The number of hydrogen-bond donors (Lipinski definition) is 1. The van der Waals surface area contributed by atoms with Crippen molar-refractivity contribution in [1.82, 2.24) is 15.1 Å². The van der Waals surface area contributed by atoms with E-state index in [4.69, 9.17) is 9.15 Å². The number of nitrogens with zero attached hydrogens (tertiary/aromatic N) is 2. The highest BCUT2D eigenvalue weighted by Crippen LogP contribution is 2.33. The van der Waals surface area contributed by atoms with Crippen LogP contribution in [0.25, 0.3) is 11.0 Å². The maximum absolute atomic E-state index is 12.8. The minimum Gasteiger partial charge on any atom is -0.451 e. The highest BCUT2D eigenvalue weighted by molar-refractivity contribution is 5.99. The summed E-state index contributed by atoms with van der Waals surface area (Å²) in [4.78, 5) is 28.5. The lowest BCUT2D eigenvalue weighted by Gasteiger charge is -2.54. The lowest BCUT2D eigenvalue weighted by Crippen LogP contribution is -2.73. The number of morpholine rings is 1. The van der Waals surface area contributed by atoms with E-state index < -0.39 is 5.60 Å². The van der Waals surface area contributed by atoms with Gasteiger partial charge in [0.25, 0.3) is 5.91 Å². The molecule has 4 rings (SSSR count). The topological polar surface area (TPSA) is 75.0 Å². The molecule has 1 spiro atoms. The zero-order valence-electron chi connectivity index (χ0n) is 15.2. The summed E-state index contributed by atoms with van der Waals surface area (Å²) in [6.45, 7) is 3.88. The Morgan fingerprint density at radius 2 is 1.96 bits per heavy atom. The van der Waals surface area contributed by atoms with Crippen molar-refractivity contribution in [1.29, 1.82) is 0 Å². The molecule has 0 aliphatic carbocycles. The van der Waals surface area contributed by atoms with Crippen LogP contribution in [0.15, 0.2) is 28.7 Å². The Kier molecular flexibility index (Phi) is 4.00. The second kappa shape index (κ2) is 6.10. The second-order valence-electron chi connectivity index (χ2n) is 7.25. The highest BCUT2D eigenvalue weighted by atomic mass is 16.5. The molecule has 0 radical (unpaired) electrons. The van der Waals surface area contributed by atoms with Gasteiger partial charge in [-0.1, -0.05) is 18.2 Å². The van der Waals surface area contributed by atoms with E-state index in [0.717, 1.165) is 16.5 Å². The molecule has 1 N–H and O–H groups in total. The number of likely N-dealkylation sites (N-methyl/N-ethyl adjacent to an activating group) is 2. The fourth-order valence-electron chi connectivity index (χ4n) is 3.94. The van der Waals surface area contributed by atoms with Gasteiger partial charge in [0.15, 0.2) is 5.76 Å². The Hall–Kier alpha value is -2.38. The smallest absolute Gasteiger partial charge is 0.290 e. The van der Waals surface area contributed by atoms with E-state index in [9.17, 15) is 9.59 Å². The van der Waals surface area contributed by atoms with Crippen molar-refractivity contribution in [2.75, 3.05) is 40.3 Å². The molecule has 2 aromatic rings. The van der Waals surface area contributed by atoms with Gasteiger partial charge in [0, 0.05) is 24.5 Å². The number of hydrogen-bond acceptors (Lipinski definition) is 5. The molecule has 1 aromatic heterocycles. The number of para-hydroxylation sites is 1. The maximum atomic E-state index is 12.8. The molecule has 2 aliphatic heterocycles. The Balaban J connectivity index is 1.45. The third-order valence-electron chi connectivity index (χ3n) is 5.45. The van der Waals surface area contributed by atoms with Crippen molar-refractivity contribution in [2.24, 2.45) is 0 Å². The second-order valence-corrected chi connectivity index (χ2v) is 7.25. The molecule has 1 aromatic carbocycles. The third kappa shape index (κ3) is 2.59. The highest BCUT2D eigenvalue weighted by Gasteiger charge is 2.51. The molecule has 0 bridgehead atoms. The molecule has 2 saturated heterocycles. The molecular formula is C19H23N3O4. The van der Waals surface area contributed by atoms with Gasteiger partial charge in [0.2, 0.25) is 5.91 Å². The predicted octanol–water partition coefficient (Wildman–Crippen LogP) is 1.01. The molecule has 7 nitrogen and oxygen atoms in total. The van der Waals surface area contributed by atoms with E-state index in [-0.39, 0.29) is 17.9 Å². The number of furan rings is 1. The number of carbonyl (C=O) groups excluding carboxylic acids is 2. The fraction of sp³-hybridized carbons (Fsp3) is 0.474. The number of rotatable bonds is 2. The monoisotopic (exact) mass is 357 g/mol. The van der Waals surface area contributed by atoms with E-state index in [1.807, 2.05) is 43.1 Å². The lowest BCUT2D eigenvalue weighted by atomic mass is 9.90. The first-order chi connectivity index (χ1) is 12.4. The minimum atomic E-state index is -0.394. The SMILES string of the molecule is CNC(=O)[C@@H]1COC2(CN(C(=O)c3oc4ccccc4c3C)C2)CN1C. The number of benzene rings is 1. The Morgan fingerprint density at radius 1 is 1.23 bits per heavy atom. The molecule has 2 fully saturated rings. The summed E-state index contributed by atoms with van der Waals surface area (Å²) in [5.74, 6) is 0.241. The number of fused-ring (bicyclic) bond motifs is 1. The van der Waals surface area contributed by atoms with Gasteiger partial charge in [0.1, 0.15) is 17.2 Å². The molecule has 0 saturated carbocycles. The molecule has 138 valence electrons. The number of nitrogens with one attached hydrogen (secondary N) is 1. The van der Waals surface area contributed by atoms with Gasteiger partial charge in [-0.05, 0) is 20.0 Å². The van der Waals surface area contributed by atoms with Crippen LogP contribution >= 0.6 is 0 Å². The van der Waals surface area contributed by atoms with Crippen LogP contribution in [0.1, 0.15) is 16.1 Å². The summed E-state index contributed by atoms with van der Waals surface area (Å²) in [5, 5.41) is 3.62. The van der Waals surface area contributed by atoms with Gasteiger partial charge in [-0.25, -0.2) is 0 Å². The zero-order valence-corrected chi connectivity index (χ0v) is 15.2. The Bertz CT molecular complexity index is 869. The van der Waals surface area contributed by atoms with Crippen molar-refractivity contribution in [3.8, 4) is 0 Å². The molecule has 7 heteroatoms. The van der Waals surface area contributed by atoms with Crippen LogP contribution in [0.4, 0.5) is 0 Å². The Morgan fingerprint density at radius 3 is 2.62 bits per heavy atom. The summed E-state index contributed by atoms with van der Waals surface area (Å²) in [5.41, 5.74) is 1.20. The molecule has 2 aliphatic rings. The number of amides is 2. The predicted molar refractivity (Wildman–Crippen MR) is 96.0 cm³/mol. The number of carbonyl (C=O) groups is 2. The van der Waals surface area contributed by atoms with Crippen LogP contribution in [-0.2, 0) is 9.53 Å². The maximum Gasteiger partial charge on any atom is 0.290 e. The van der Waals surface area contributed by atoms with E-state index in [2.05, 4.69) is 5.32 Å². The van der Waals surface area contributed by atoms with E-state index in [1.54, 1.807) is 11.9 Å². The third-order valence-corrected chi connectivity index (χ3v) is 5.45. The van der Waals surface area contributed by atoms with Crippen LogP contribution in [0.2, 0.25) is 0 Å². The van der Waals surface area contributed by atoms with Crippen molar-refractivity contribution in [3.05, 3.63) is 35.6 Å². The summed E-state index contributed by atoms with van der Waals surface area (Å²) in [7, 11) is 3.54. The largest absolute Gasteiger partial charge is 0.451 e. The molecule has 3 heterocycles. The van der Waals surface area contributed by atoms with Crippen molar-refractivity contribution < 1.29 is 18.7 Å². The summed E-state index contributed by atoms with van der Waals surface area (Å²) < 4.78 is 11.8. The van der Waals surface area contributed by atoms with Crippen molar-refractivity contribution in [2.45, 2.75) is 18.6 Å². The molecule has 26 heavy (non-hydrogen) atoms.